The second-order valence-electron chi connectivity index (χ2n) is 7.24. The number of hydrogen-bond donors (Lipinski definition) is 1. The van der Waals surface area contributed by atoms with E-state index >= 15 is 0 Å². The number of nitrogens with zero attached hydrogens (tertiary/aromatic N) is 2. The highest BCUT2D eigenvalue weighted by Crippen LogP contribution is 2.30. The molecule has 0 aromatic heterocycles. The lowest BCUT2D eigenvalue weighted by Crippen LogP contribution is -2.45. The lowest BCUT2D eigenvalue weighted by atomic mass is 9.96. The van der Waals surface area contributed by atoms with Crippen LogP contribution >= 0.6 is 12.4 Å². The number of hydrogen-bond acceptors (Lipinski definition) is 3. The van der Waals surface area contributed by atoms with Gasteiger partial charge in [0.15, 0.2) is 0 Å². The Labute approximate surface area is 145 Å². The molecule has 6 heteroatoms. The summed E-state index contributed by atoms with van der Waals surface area (Å²) >= 11 is 0. The third-order valence-corrected chi connectivity index (χ3v) is 5.60. The summed E-state index contributed by atoms with van der Waals surface area (Å²) < 4.78 is 0. The summed E-state index contributed by atoms with van der Waals surface area (Å²) in [6.45, 7) is 3.36. The van der Waals surface area contributed by atoms with Crippen molar-refractivity contribution in [2.24, 2.45) is 11.8 Å². The summed E-state index contributed by atoms with van der Waals surface area (Å²) in [5.41, 5.74) is 0. The molecule has 2 unspecified atom stereocenters. The average Bonchev–Trinajstić information content (AvgIpc) is 3.16. The molecule has 0 aromatic rings. The van der Waals surface area contributed by atoms with E-state index in [4.69, 9.17) is 0 Å². The zero-order chi connectivity index (χ0) is 15.5. The molecule has 2 aliphatic heterocycles. The van der Waals surface area contributed by atoms with Crippen LogP contribution in [0.25, 0.3) is 0 Å². The molecule has 3 aliphatic rings. The van der Waals surface area contributed by atoms with Gasteiger partial charge in [-0.25, -0.2) is 0 Å². The van der Waals surface area contributed by atoms with E-state index in [0.717, 1.165) is 38.9 Å². The minimum Gasteiger partial charge on any atom is -0.342 e. The van der Waals surface area contributed by atoms with Gasteiger partial charge in [0.05, 0.1) is 5.92 Å². The van der Waals surface area contributed by atoms with Crippen molar-refractivity contribution in [3.63, 3.8) is 0 Å². The van der Waals surface area contributed by atoms with Crippen LogP contribution in [-0.2, 0) is 9.59 Å². The molecule has 132 valence electrons. The van der Waals surface area contributed by atoms with Crippen molar-refractivity contribution in [1.82, 2.24) is 15.1 Å². The number of nitrogens with one attached hydrogen (secondary N) is 1. The fourth-order valence-electron chi connectivity index (χ4n) is 4.44. The van der Waals surface area contributed by atoms with Crippen LogP contribution in [0.4, 0.5) is 0 Å². The van der Waals surface area contributed by atoms with Gasteiger partial charge in [-0.1, -0.05) is 12.8 Å². The molecule has 2 amide bonds. The molecule has 0 bridgehead atoms. The zero-order valence-corrected chi connectivity index (χ0v) is 14.9. The molecule has 2 saturated heterocycles. The molecular formula is C17H30ClN3O2. The lowest BCUT2D eigenvalue weighted by Gasteiger charge is -2.34. The van der Waals surface area contributed by atoms with Gasteiger partial charge in [-0.2, -0.15) is 0 Å². The van der Waals surface area contributed by atoms with E-state index in [1.165, 1.54) is 19.3 Å². The molecule has 23 heavy (non-hydrogen) atoms. The van der Waals surface area contributed by atoms with Crippen LogP contribution < -0.4 is 5.32 Å². The SMILES string of the molecule is CNCC1CCCN(C(=O)C2CC(=O)N(C3CCCC3)C2)C1.Cl. The van der Waals surface area contributed by atoms with Gasteiger partial charge in [-0.3, -0.25) is 9.59 Å². The molecule has 2 atom stereocenters. The molecule has 3 fully saturated rings. The van der Waals surface area contributed by atoms with Crippen LogP contribution in [0.2, 0.25) is 0 Å². The number of halogens is 1. The van der Waals surface area contributed by atoms with Gasteiger partial charge < -0.3 is 15.1 Å². The van der Waals surface area contributed by atoms with Crippen LogP contribution in [0, 0.1) is 11.8 Å². The second kappa shape index (κ2) is 8.34. The molecular weight excluding hydrogens is 314 g/mol. The standard InChI is InChI=1S/C17H29N3O2.ClH/c1-18-10-13-5-4-8-19(11-13)17(22)14-9-16(21)20(12-14)15-6-2-3-7-15;/h13-15,18H,2-12H2,1H3;1H. The number of carbonyl (C=O) groups excluding carboxylic acids is 2. The summed E-state index contributed by atoms with van der Waals surface area (Å²) in [6, 6.07) is 0.406. The molecule has 3 rings (SSSR count). The molecule has 2 heterocycles. The van der Waals surface area contributed by atoms with Crippen LogP contribution in [0.1, 0.15) is 44.9 Å². The highest BCUT2D eigenvalue weighted by atomic mass is 35.5. The summed E-state index contributed by atoms with van der Waals surface area (Å²) in [5.74, 6) is 0.885. The van der Waals surface area contributed by atoms with Crippen LogP contribution in [0.15, 0.2) is 0 Å². The summed E-state index contributed by atoms with van der Waals surface area (Å²) in [7, 11) is 1.97. The maximum Gasteiger partial charge on any atom is 0.228 e. The smallest absolute Gasteiger partial charge is 0.228 e. The van der Waals surface area contributed by atoms with Crippen molar-refractivity contribution in [3.05, 3.63) is 0 Å². The topological polar surface area (TPSA) is 52.7 Å². The Morgan fingerprint density at radius 2 is 1.91 bits per heavy atom. The Morgan fingerprint density at radius 1 is 1.17 bits per heavy atom. The Kier molecular flexibility index (Phi) is 6.72. The van der Waals surface area contributed by atoms with E-state index in [-0.39, 0.29) is 30.1 Å². The Balaban J connectivity index is 0.00000192. The van der Waals surface area contributed by atoms with Crippen molar-refractivity contribution in [2.75, 3.05) is 33.2 Å². The highest BCUT2D eigenvalue weighted by Gasteiger charge is 2.40. The van der Waals surface area contributed by atoms with Crippen molar-refractivity contribution < 1.29 is 9.59 Å². The molecule has 0 spiro atoms. The van der Waals surface area contributed by atoms with Gasteiger partial charge in [0.1, 0.15) is 0 Å². The lowest BCUT2D eigenvalue weighted by molar-refractivity contribution is -0.137. The molecule has 0 radical (unpaired) electrons. The minimum atomic E-state index is -0.0959. The van der Waals surface area contributed by atoms with Gasteiger partial charge in [-0.15, -0.1) is 12.4 Å². The van der Waals surface area contributed by atoms with E-state index in [0.29, 0.717) is 24.9 Å². The van der Waals surface area contributed by atoms with E-state index < -0.39 is 0 Å². The third kappa shape index (κ3) is 4.18. The fourth-order valence-corrected chi connectivity index (χ4v) is 4.44. The van der Waals surface area contributed by atoms with E-state index in [1.54, 1.807) is 0 Å². The average molecular weight is 344 g/mol. The first-order chi connectivity index (χ1) is 10.7. The van der Waals surface area contributed by atoms with Gasteiger partial charge in [0, 0.05) is 32.1 Å². The number of likely N-dealkylation sites (tertiary alicyclic amines) is 2. The van der Waals surface area contributed by atoms with Crippen molar-refractivity contribution >= 4 is 24.2 Å². The first-order valence-corrected chi connectivity index (χ1v) is 8.92. The van der Waals surface area contributed by atoms with Crippen LogP contribution in [-0.4, -0.2) is 60.9 Å². The normalized spacial score (nSPS) is 29.0. The summed E-state index contributed by atoms with van der Waals surface area (Å²) in [6.07, 6.45) is 7.42. The predicted molar refractivity (Wildman–Crippen MR) is 92.6 cm³/mol. The number of rotatable bonds is 4. The molecule has 1 saturated carbocycles. The maximum absolute atomic E-state index is 12.8. The Morgan fingerprint density at radius 3 is 2.61 bits per heavy atom. The summed E-state index contributed by atoms with van der Waals surface area (Å²) in [5, 5.41) is 3.22. The molecule has 1 N–H and O–H groups in total. The van der Waals surface area contributed by atoms with E-state index in [9.17, 15) is 9.59 Å². The first-order valence-electron chi connectivity index (χ1n) is 8.92. The second-order valence-corrected chi connectivity index (χ2v) is 7.24. The van der Waals surface area contributed by atoms with Crippen LogP contribution in [0.3, 0.4) is 0 Å². The molecule has 1 aliphatic carbocycles. The van der Waals surface area contributed by atoms with Gasteiger partial charge in [-0.05, 0) is 45.2 Å². The number of piperidine rings is 1. The number of amides is 2. The van der Waals surface area contributed by atoms with Gasteiger partial charge >= 0.3 is 0 Å². The fraction of sp³-hybridized carbons (Fsp3) is 0.882. The molecule has 0 aromatic carbocycles. The van der Waals surface area contributed by atoms with Crippen molar-refractivity contribution in [2.45, 2.75) is 51.0 Å². The first kappa shape index (κ1) is 18.5. The van der Waals surface area contributed by atoms with Crippen molar-refractivity contribution in [3.8, 4) is 0 Å². The van der Waals surface area contributed by atoms with Gasteiger partial charge in [0.25, 0.3) is 0 Å². The summed E-state index contributed by atoms with van der Waals surface area (Å²) in [4.78, 5) is 29.1. The quantitative estimate of drug-likeness (QED) is 0.844. The van der Waals surface area contributed by atoms with E-state index in [2.05, 4.69) is 5.32 Å². The Hall–Kier alpha value is -0.810. The minimum absolute atomic E-state index is 0. The van der Waals surface area contributed by atoms with E-state index in [1.807, 2.05) is 16.8 Å². The van der Waals surface area contributed by atoms with Gasteiger partial charge in [0.2, 0.25) is 11.8 Å². The maximum atomic E-state index is 12.8. The number of carbonyl (C=O) groups is 2. The Bertz CT molecular complexity index is 424. The van der Waals surface area contributed by atoms with Crippen LogP contribution in [0.5, 0.6) is 0 Å². The predicted octanol–water partition coefficient (Wildman–Crippen LogP) is 1.66. The third-order valence-electron chi connectivity index (χ3n) is 5.60. The van der Waals surface area contributed by atoms with Crippen molar-refractivity contribution in [1.29, 1.82) is 0 Å². The monoisotopic (exact) mass is 343 g/mol. The molecule has 5 nitrogen and oxygen atoms in total. The highest BCUT2D eigenvalue weighted by molar-refractivity contribution is 5.89. The largest absolute Gasteiger partial charge is 0.342 e. The zero-order valence-electron chi connectivity index (χ0n) is 14.1.